The normalized spacial score (nSPS) is 10.9. The number of para-hydroxylation sites is 1. The highest BCUT2D eigenvalue weighted by Gasteiger charge is 2.11. The van der Waals surface area contributed by atoms with Crippen molar-refractivity contribution >= 4 is 22.9 Å². The highest BCUT2D eigenvalue weighted by Crippen LogP contribution is 2.29. The van der Waals surface area contributed by atoms with E-state index < -0.39 is 5.91 Å². The summed E-state index contributed by atoms with van der Waals surface area (Å²) in [4.78, 5) is 15.7. The molecule has 1 amide bonds. The van der Waals surface area contributed by atoms with Gasteiger partial charge < -0.3 is 19.8 Å². The van der Waals surface area contributed by atoms with Crippen molar-refractivity contribution in [2.45, 2.75) is 13.3 Å². The summed E-state index contributed by atoms with van der Waals surface area (Å²) in [5, 5.41) is 13.4. The molecular formula is C25H23N3O3. The number of carbonyl (C=O) groups is 1. The van der Waals surface area contributed by atoms with Crippen LogP contribution in [0.2, 0.25) is 0 Å². The number of carbonyl (C=O) groups excluding carboxylic acids is 1. The number of H-pyrrole nitrogens is 1. The molecule has 0 radical (unpaired) electrons. The molecule has 0 atom stereocenters. The van der Waals surface area contributed by atoms with Gasteiger partial charge in [0, 0.05) is 23.6 Å². The standard InChI is InChI=1S/C25H23N3O3/c1-3-13-31-23-10-9-18(15-24(23)30-4-2)14-20(16-26)25(29)27-12-11-19-17-28-22-8-6-5-7-21(19)22/h1,5-10,14-15,17,28H,4,11-13H2,2H3,(H,27,29). The Balaban J connectivity index is 1.67. The molecule has 0 spiro atoms. The average molecular weight is 413 g/mol. The van der Waals surface area contributed by atoms with E-state index in [1.54, 1.807) is 18.2 Å². The number of aromatic nitrogens is 1. The Bertz CT molecular complexity index is 1180. The summed E-state index contributed by atoms with van der Waals surface area (Å²) in [6.07, 6.45) is 9.36. The molecule has 0 aliphatic rings. The van der Waals surface area contributed by atoms with Crippen molar-refractivity contribution in [1.29, 1.82) is 5.26 Å². The summed E-state index contributed by atoms with van der Waals surface area (Å²) >= 11 is 0. The second-order valence-corrected chi connectivity index (χ2v) is 6.67. The number of benzene rings is 2. The summed E-state index contributed by atoms with van der Waals surface area (Å²) in [5.41, 5.74) is 2.84. The van der Waals surface area contributed by atoms with Crippen LogP contribution in [0, 0.1) is 23.7 Å². The van der Waals surface area contributed by atoms with Crippen LogP contribution in [0.15, 0.2) is 54.2 Å². The Labute approximate surface area is 181 Å². The van der Waals surface area contributed by atoms with Crippen molar-refractivity contribution in [3.63, 3.8) is 0 Å². The first-order chi connectivity index (χ1) is 15.2. The molecule has 156 valence electrons. The molecule has 1 aromatic heterocycles. The number of hydrogen-bond donors (Lipinski definition) is 2. The highest BCUT2D eigenvalue weighted by molar-refractivity contribution is 6.01. The molecule has 6 heteroatoms. The molecule has 0 unspecified atom stereocenters. The fourth-order valence-corrected chi connectivity index (χ4v) is 3.18. The van der Waals surface area contributed by atoms with Crippen LogP contribution in [-0.4, -0.2) is 30.6 Å². The van der Waals surface area contributed by atoms with Crippen molar-refractivity contribution in [2.75, 3.05) is 19.8 Å². The minimum Gasteiger partial charge on any atom is -0.490 e. The van der Waals surface area contributed by atoms with Crippen LogP contribution in [0.3, 0.4) is 0 Å². The first-order valence-electron chi connectivity index (χ1n) is 9.94. The minimum absolute atomic E-state index is 0.0127. The van der Waals surface area contributed by atoms with Crippen molar-refractivity contribution in [3.05, 3.63) is 65.4 Å². The Morgan fingerprint density at radius 1 is 1.23 bits per heavy atom. The van der Waals surface area contributed by atoms with E-state index in [0.717, 1.165) is 16.5 Å². The van der Waals surface area contributed by atoms with Gasteiger partial charge in [0.2, 0.25) is 0 Å². The van der Waals surface area contributed by atoms with Crippen LogP contribution in [0.5, 0.6) is 11.5 Å². The van der Waals surface area contributed by atoms with Gasteiger partial charge in [-0.1, -0.05) is 30.2 Å². The SMILES string of the molecule is C#CCOc1ccc(C=C(C#N)C(=O)NCCc2c[nH]c3ccccc23)cc1OCC. The summed E-state index contributed by atoms with van der Waals surface area (Å²) in [6.45, 7) is 2.84. The summed E-state index contributed by atoms with van der Waals surface area (Å²) < 4.78 is 11.0. The number of rotatable bonds is 9. The Morgan fingerprint density at radius 2 is 2.06 bits per heavy atom. The van der Waals surface area contributed by atoms with Gasteiger partial charge in [-0.3, -0.25) is 4.79 Å². The number of nitrogens with one attached hydrogen (secondary N) is 2. The van der Waals surface area contributed by atoms with Crippen molar-refractivity contribution < 1.29 is 14.3 Å². The number of fused-ring (bicyclic) bond motifs is 1. The molecule has 2 N–H and O–H groups in total. The van der Waals surface area contributed by atoms with Crippen LogP contribution < -0.4 is 14.8 Å². The molecule has 0 fully saturated rings. The average Bonchev–Trinajstić information content (AvgIpc) is 3.20. The molecule has 0 saturated heterocycles. The Morgan fingerprint density at radius 3 is 2.84 bits per heavy atom. The maximum absolute atomic E-state index is 12.5. The second kappa shape index (κ2) is 10.6. The largest absolute Gasteiger partial charge is 0.490 e. The lowest BCUT2D eigenvalue weighted by Gasteiger charge is -2.11. The van der Waals surface area contributed by atoms with Gasteiger partial charge in [-0.15, -0.1) is 6.42 Å². The first-order valence-corrected chi connectivity index (χ1v) is 9.94. The molecule has 3 aromatic rings. The zero-order valence-electron chi connectivity index (χ0n) is 17.3. The van der Waals surface area contributed by atoms with Gasteiger partial charge in [0.05, 0.1) is 6.61 Å². The quantitative estimate of drug-likeness (QED) is 0.317. The number of terminal acetylenes is 1. The number of ether oxygens (including phenoxy) is 2. The van der Waals surface area contributed by atoms with Gasteiger partial charge in [-0.05, 0) is 48.7 Å². The Kier molecular flexibility index (Phi) is 7.35. The van der Waals surface area contributed by atoms with E-state index in [-0.39, 0.29) is 12.2 Å². The van der Waals surface area contributed by atoms with Gasteiger partial charge >= 0.3 is 0 Å². The smallest absolute Gasteiger partial charge is 0.261 e. The topological polar surface area (TPSA) is 87.1 Å². The van der Waals surface area contributed by atoms with Crippen molar-refractivity contribution in [1.82, 2.24) is 10.3 Å². The highest BCUT2D eigenvalue weighted by atomic mass is 16.5. The number of amides is 1. The zero-order valence-corrected chi connectivity index (χ0v) is 17.3. The molecule has 0 bridgehead atoms. The van der Waals surface area contributed by atoms with Crippen LogP contribution in [0.1, 0.15) is 18.1 Å². The molecule has 0 saturated carbocycles. The predicted octanol–water partition coefficient (Wildman–Crippen LogP) is 3.84. The van der Waals surface area contributed by atoms with Crippen molar-refractivity contribution in [3.8, 4) is 29.9 Å². The Hall–Kier alpha value is -4.16. The monoisotopic (exact) mass is 413 g/mol. The van der Waals surface area contributed by atoms with Gasteiger partial charge in [0.1, 0.15) is 18.2 Å². The van der Waals surface area contributed by atoms with Crippen LogP contribution in [0.25, 0.3) is 17.0 Å². The summed E-state index contributed by atoms with van der Waals surface area (Å²) in [5.74, 6) is 3.00. The van der Waals surface area contributed by atoms with Crippen LogP contribution in [-0.2, 0) is 11.2 Å². The van der Waals surface area contributed by atoms with Gasteiger partial charge in [0.15, 0.2) is 11.5 Å². The summed E-state index contributed by atoms with van der Waals surface area (Å²) in [7, 11) is 0. The zero-order chi connectivity index (χ0) is 22.1. The number of nitrogens with zero attached hydrogens (tertiary/aromatic N) is 1. The number of aromatic amines is 1. The van der Waals surface area contributed by atoms with E-state index in [9.17, 15) is 10.1 Å². The molecule has 0 aliphatic heterocycles. The maximum Gasteiger partial charge on any atom is 0.261 e. The van der Waals surface area contributed by atoms with E-state index >= 15 is 0 Å². The lowest BCUT2D eigenvalue weighted by atomic mass is 10.1. The summed E-state index contributed by atoms with van der Waals surface area (Å²) in [6, 6.07) is 15.1. The van der Waals surface area contributed by atoms with E-state index in [2.05, 4.69) is 16.2 Å². The lowest BCUT2D eigenvalue weighted by Crippen LogP contribution is -2.26. The van der Waals surface area contributed by atoms with Gasteiger partial charge in [0.25, 0.3) is 5.91 Å². The van der Waals surface area contributed by atoms with Crippen molar-refractivity contribution in [2.24, 2.45) is 0 Å². The number of nitriles is 1. The van der Waals surface area contributed by atoms with E-state index in [1.807, 2.05) is 43.5 Å². The fraction of sp³-hybridized carbons (Fsp3) is 0.200. The molecule has 0 aliphatic carbocycles. The maximum atomic E-state index is 12.5. The molecule has 6 nitrogen and oxygen atoms in total. The van der Waals surface area contributed by atoms with Gasteiger partial charge in [-0.25, -0.2) is 0 Å². The third-order valence-corrected chi connectivity index (χ3v) is 4.61. The second-order valence-electron chi connectivity index (χ2n) is 6.67. The first kappa shape index (κ1) is 21.5. The van der Waals surface area contributed by atoms with E-state index in [1.165, 1.54) is 6.08 Å². The molecule has 31 heavy (non-hydrogen) atoms. The molecule has 2 aromatic carbocycles. The predicted molar refractivity (Wildman–Crippen MR) is 121 cm³/mol. The molecule has 1 heterocycles. The van der Waals surface area contributed by atoms with Gasteiger partial charge in [-0.2, -0.15) is 5.26 Å². The third kappa shape index (κ3) is 5.46. The van der Waals surface area contributed by atoms with E-state index in [0.29, 0.717) is 36.6 Å². The minimum atomic E-state index is -0.423. The molecular weight excluding hydrogens is 390 g/mol. The molecule has 3 rings (SSSR count). The lowest BCUT2D eigenvalue weighted by molar-refractivity contribution is -0.117. The van der Waals surface area contributed by atoms with E-state index in [4.69, 9.17) is 15.9 Å². The fourth-order valence-electron chi connectivity index (χ4n) is 3.18. The van der Waals surface area contributed by atoms with Crippen LogP contribution >= 0.6 is 0 Å². The number of hydrogen-bond acceptors (Lipinski definition) is 4. The third-order valence-electron chi connectivity index (χ3n) is 4.61. The van der Waals surface area contributed by atoms with Crippen LogP contribution in [0.4, 0.5) is 0 Å².